The fourth-order valence-electron chi connectivity index (χ4n) is 13.1. The van der Waals surface area contributed by atoms with Crippen LogP contribution in [0.5, 0.6) is 0 Å². The largest absolute Gasteiger partial charge is 0.462 e. The van der Waals surface area contributed by atoms with Crippen LogP contribution in [0, 0.1) is 29.6 Å². The molecule has 117 heavy (non-hydrogen) atoms. The van der Waals surface area contributed by atoms with E-state index in [4.69, 9.17) is 58.6 Å². The van der Waals surface area contributed by atoms with Gasteiger partial charge >= 0.3 is 54.2 Å². The van der Waals surface area contributed by atoms with Gasteiger partial charge in [-0.3, -0.25) is 38.4 Å². The van der Waals surface area contributed by atoms with Gasteiger partial charge < -0.3 is 88.6 Å². The Hall–Kier alpha value is -7.11. The Morgan fingerprint density at radius 2 is 0.650 bits per heavy atom. The Labute approximate surface area is 704 Å². The summed E-state index contributed by atoms with van der Waals surface area (Å²) in [4.78, 5) is 162. The minimum absolute atomic E-state index is 0.00604. The number of nitrogens with one attached hydrogen (secondary N) is 5. The first-order valence-corrected chi connectivity index (χ1v) is 43.1. The summed E-state index contributed by atoms with van der Waals surface area (Å²) in [6.45, 7) is 39.8. The number of hydrogen-bond acceptors (Lipinski definition) is 23. The number of ether oxygens (including phenoxy) is 9. The Bertz CT molecular complexity index is 2810. The molecule has 0 aliphatic rings. The molecule has 672 valence electrons. The van der Waals surface area contributed by atoms with Crippen LogP contribution in [0.1, 0.15) is 306 Å². The predicted octanol–water partition coefficient (Wildman–Crippen LogP) is 12.8. The summed E-state index contributed by atoms with van der Waals surface area (Å²) in [5.74, 6) is -3.93. The van der Waals surface area contributed by atoms with Gasteiger partial charge in [0.2, 0.25) is 17.9 Å². The lowest BCUT2D eigenvalue weighted by Gasteiger charge is -2.34. The summed E-state index contributed by atoms with van der Waals surface area (Å²) >= 11 is 0. The average Bonchev–Trinajstić information content (AvgIpc) is 0.816. The van der Waals surface area contributed by atoms with Crippen LogP contribution in [0.3, 0.4) is 0 Å². The maximum atomic E-state index is 14.2. The number of esters is 5. The van der Waals surface area contributed by atoms with E-state index >= 15 is 0 Å². The fraction of sp³-hybridized carbons (Fsp3) is 0.859. The summed E-state index contributed by atoms with van der Waals surface area (Å²) in [5.41, 5.74) is -2.93. The number of hydrogen-bond donors (Lipinski definition) is 5. The highest BCUT2D eigenvalue weighted by atomic mass is 16.6. The van der Waals surface area contributed by atoms with Crippen molar-refractivity contribution in [1.82, 2.24) is 46.0 Å². The lowest BCUT2D eigenvalue weighted by molar-refractivity contribution is -0.203. The third-order valence-electron chi connectivity index (χ3n) is 19.0. The lowest BCUT2D eigenvalue weighted by Crippen LogP contribution is -2.57. The standard InChI is InChI=1S/C85H155B2N9O21/c1-61(36-25-26-37-62(2)39-33-41-64(4)44-46-73(103)89-50-51-90-77(104)76(113-69(9)101)75(112-68(8)100)74(111-67(7)99)71(110-66(6)98)60-109-65(5)97)38-32-40-63(3)43-45-72(102)88-47-27-23-22-24-42-70(58-95(80(107)116-84(16,17)18)54-30-28-52-93(56-34-48-91-86)78(105)114-82(10,11)12)59-96(81(108)117-85(19,20)21)55-31-29-53-94(57-35-49-92-87)79(106)115-83(13,14)15/h61-64,70-71,74-76,91-92H,22-60H2,1-21H3,(H,88,102)(H,89,103)(H,90,104)/t61?,62?,63?,64?,71-,74+,75-,76+/m0/s1. The molecule has 8 atom stereocenters. The van der Waals surface area contributed by atoms with E-state index in [-0.39, 0.29) is 37.2 Å². The highest BCUT2D eigenvalue weighted by molar-refractivity contribution is 6.04. The van der Waals surface area contributed by atoms with Crippen molar-refractivity contribution < 1.29 is 100 Å². The van der Waals surface area contributed by atoms with Gasteiger partial charge in [0.25, 0.3) is 5.91 Å². The van der Waals surface area contributed by atoms with E-state index < -0.39 is 114 Å². The number of rotatable bonds is 61. The zero-order valence-electron chi connectivity index (χ0n) is 75.8. The van der Waals surface area contributed by atoms with E-state index in [1.54, 1.807) is 19.6 Å². The molecule has 4 unspecified atom stereocenters. The third-order valence-corrected chi connectivity index (χ3v) is 19.0. The van der Waals surface area contributed by atoms with Crippen LogP contribution >= 0.6 is 0 Å². The number of amides is 7. The molecule has 4 radical (unpaired) electrons. The van der Waals surface area contributed by atoms with E-state index in [0.717, 1.165) is 112 Å². The molecule has 5 N–H and O–H groups in total. The van der Waals surface area contributed by atoms with Gasteiger partial charge in [0.05, 0.1) is 0 Å². The van der Waals surface area contributed by atoms with Gasteiger partial charge in [0, 0.05) is 119 Å². The second-order valence-corrected chi connectivity index (χ2v) is 35.6. The van der Waals surface area contributed by atoms with Gasteiger partial charge in [-0.05, 0) is 190 Å². The Morgan fingerprint density at radius 3 is 1.03 bits per heavy atom. The van der Waals surface area contributed by atoms with Crippen LogP contribution in [0.4, 0.5) is 19.2 Å². The highest BCUT2D eigenvalue weighted by Gasteiger charge is 2.47. The number of carbonyl (C=O) groups excluding carboxylic acids is 12. The third kappa shape index (κ3) is 60.1. The molecule has 0 bridgehead atoms. The van der Waals surface area contributed by atoms with Gasteiger partial charge in [0.15, 0.2) is 34.3 Å². The van der Waals surface area contributed by atoms with Crippen molar-refractivity contribution in [2.45, 2.75) is 353 Å². The molecule has 0 heterocycles. The van der Waals surface area contributed by atoms with Crippen molar-refractivity contribution in [3.05, 3.63) is 0 Å². The molecule has 7 amide bonds. The second-order valence-electron chi connectivity index (χ2n) is 35.6. The molecule has 0 aromatic heterocycles. The van der Waals surface area contributed by atoms with Crippen molar-refractivity contribution in [1.29, 1.82) is 0 Å². The second kappa shape index (κ2) is 60.4. The summed E-state index contributed by atoms with van der Waals surface area (Å²) in [6, 6.07) is 0. The van der Waals surface area contributed by atoms with Gasteiger partial charge in [-0.15, -0.1) is 0 Å². The minimum atomic E-state index is -1.93. The number of carbonyl (C=O) groups is 12. The number of nitrogens with zero attached hydrogens (tertiary/aromatic N) is 4. The minimum Gasteiger partial charge on any atom is -0.462 e. The lowest BCUT2D eigenvalue weighted by atomic mass is 9.90. The molecule has 0 spiro atoms. The molecule has 0 aromatic carbocycles. The normalized spacial score (nSPS) is 13.8. The van der Waals surface area contributed by atoms with E-state index in [2.05, 4.69) is 54.1 Å². The van der Waals surface area contributed by atoms with Crippen LogP contribution < -0.4 is 26.4 Å². The predicted molar refractivity (Wildman–Crippen MR) is 452 cm³/mol. The van der Waals surface area contributed by atoms with Crippen molar-refractivity contribution in [2.24, 2.45) is 29.6 Å². The zero-order chi connectivity index (χ0) is 88.9. The molecular formula is C85H155B2N9O21. The molecule has 0 rings (SSSR count). The topological polar surface area (TPSA) is 361 Å². The van der Waals surface area contributed by atoms with E-state index in [0.29, 0.717) is 153 Å². The Kier molecular flexibility index (Phi) is 56.7. The first-order chi connectivity index (χ1) is 54.6. The highest BCUT2D eigenvalue weighted by Crippen LogP contribution is 2.27. The van der Waals surface area contributed by atoms with E-state index in [9.17, 15) is 57.5 Å². The van der Waals surface area contributed by atoms with Crippen molar-refractivity contribution in [3.63, 3.8) is 0 Å². The Balaban J connectivity index is 5.48. The van der Waals surface area contributed by atoms with E-state index in [1.807, 2.05) is 83.1 Å². The van der Waals surface area contributed by atoms with E-state index in [1.165, 1.54) is 19.3 Å². The van der Waals surface area contributed by atoms with Crippen LogP contribution in [-0.4, -0.2) is 246 Å². The number of unbranched alkanes of at least 4 members (excludes halogenated alkanes) is 6. The molecule has 0 aliphatic carbocycles. The molecule has 0 aliphatic heterocycles. The molecule has 0 fully saturated rings. The van der Waals surface area contributed by atoms with Gasteiger partial charge in [-0.25, -0.2) is 19.2 Å². The van der Waals surface area contributed by atoms with Crippen LogP contribution in [-0.2, 0) is 81.0 Å². The molecule has 0 saturated heterocycles. The molecule has 32 heteroatoms. The van der Waals surface area contributed by atoms with Crippen LogP contribution in [0.15, 0.2) is 0 Å². The zero-order valence-corrected chi connectivity index (χ0v) is 75.8. The first-order valence-electron chi connectivity index (χ1n) is 43.1. The summed E-state index contributed by atoms with van der Waals surface area (Å²) in [7, 11) is 11.1. The van der Waals surface area contributed by atoms with Crippen molar-refractivity contribution in [3.8, 4) is 0 Å². The monoisotopic (exact) mass is 1660 g/mol. The Morgan fingerprint density at radius 1 is 0.325 bits per heavy atom. The molecule has 0 aromatic rings. The quantitative estimate of drug-likeness (QED) is 0.0163. The van der Waals surface area contributed by atoms with Gasteiger partial charge in [-0.2, -0.15) is 0 Å². The summed E-state index contributed by atoms with van der Waals surface area (Å²) in [5, 5.41) is 13.7. The fourth-order valence-corrected chi connectivity index (χ4v) is 13.1. The smallest absolute Gasteiger partial charge is 0.410 e. The van der Waals surface area contributed by atoms with Crippen molar-refractivity contribution >= 4 is 87.9 Å². The van der Waals surface area contributed by atoms with Crippen LogP contribution in [0.2, 0.25) is 0 Å². The molecular weight excluding hydrogens is 1500 g/mol. The molecule has 0 saturated carbocycles. The molecule has 30 nitrogen and oxygen atoms in total. The maximum absolute atomic E-state index is 14.2. The van der Waals surface area contributed by atoms with Gasteiger partial charge in [-0.1, -0.05) is 111 Å². The average molecular weight is 1660 g/mol. The summed E-state index contributed by atoms with van der Waals surface area (Å²) in [6.07, 6.45) is 12.1. The van der Waals surface area contributed by atoms with Gasteiger partial charge in [0.1, 0.15) is 29.0 Å². The SMILES string of the molecule is [B]NCCCN(CCCCN(CC(CCCCCCNC(=O)CCC(C)CCCC(C)CCCCC(C)CCCC(C)CCC(=O)NCCNC(=O)[C@H](OC(C)=O)[C@@H](OC(C)=O)[C@H](OC(C)=O)[C@H](COC(C)=O)OC(C)=O)CN(CCCCN(CCCN[B])C(=O)OC(C)(C)C)C(=O)OC(C)(C)C)C(=O)OC(C)(C)C)C(=O)OC(C)(C)C. The maximum Gasteiger partial charge on any atom is 0.410 e. The first kappa shape index (κ1) is 110. The summed E-state index contributed by atoms with van der Waals surface area (Å²) < 4.78 is 49.7. The van der Waals surface area contributed by atoms with Crippen molar-refractivity contribution in [2.75, 3.05) is 91.7 Å². The van der Waals surface area contributed by atoms with Crippen LogP contribution in [0.25, 0.3) is 0 Å².